The van der Waals surface area contributed by atoms with E-state index in [4.69, 9.17) is 0 Å². The van der Waals surface area contributed by atoms with E-state index < -0.39 is 0 Å². The van der Waals surface area contributed by atoms with Crippen molar-refractivity contribution in [3.63, 3.8) is 0 Å². The Hall–Kier alpha value is -1.55. The molecule has 3 rings (SSSR count). The minimum atomic E-state index is -0.0216. The third-order valence-corrected chi connectivity index (χ3v) is 3.99. The van der Waals surface area contributed by atoms with Crippen LogP contribution in [0, 0.1) is 0 Å². The molecule has 1 amide bonds. The molecule has 0 saturated carbocycles. The van der Waals surface area contributed by atoms with Crippen molar-refractivity contribution in [3.05, 3.63) is 24.3 Å². The molecule has 2 aliphatic rings. The van der Waals surface area contributed by atoms with Gasteiger partial charge < -0.3 is 15.5 Å². The van der Waals surface area contributed by atoms with E-state index in [-0.39, 0.29) is 11.9 Å². The van der Waals surface area contributed by atoms with Crippen LogP contribution in [0.15, 0.2) is 24.3 Å². The van der Waals surface area contributed by atoms with Crippen LogP contribution >= 0.6 is 0 Å². The summed E-state index contributed by atoms with van der Waals surface area (Å²) in [6.45, 7) is 3.13. The Kier molecular flexibility index (Phi) is 3.69. The maximum absolute atomic E-state index is 12.2. The first kappa shape index (κ1) is 12.5. The van der Waals surface area contributed by atoms with Crippen LogP contribution in [0.2, 0.25) is 0 Å². The van der Waals surface area contributed by atoms with Crippen LogP contribution in [0.5, 0.6) is 0 Å². The van der Waals surface area contributed by atoms with Gasteiger partial charge in [-0.2, -0.15) is 0 Å². The molecule has 2 saturated heterocycles. The lowest BCUT2D eigenvalue weighted by Crippen LogP contribution is -2.36. The van der Waals surface area contributed by atoms with Crippen LogP contribution in [0.1, 0.15) is 25.7 Å². The summed E-state index contributed by atoms with van der Waals surface area (Å²) < 4.78 is 0. The van der Waals surface area contributed by atoms with E-state index in [1.807, 2.05) is 18.2 Å². The summed E-state index contributed by atoms with van der Waals surface area (Å²) in [6.07, 6.45) is 4.52. The van der Waals surface area contributed by atoms with Crippen molar-refractivity contribution in [1.29, 1.82) is 0 Å². The topological polar surface area (TPSA) is 44.4 Å². The Balaban J connectivity index is 1.74. The van der Waals surface area contributed by atoms with Gasteiger partial charge in [0.25, 0.3) is 0 Å². The van der Waals surface area contributed by atoms with E-state index in [2.05, 4.69) is 21.6 Å². The molecule has 102 valence electrons. The standard InChI is InChI=1S/C15H21N3O/c19-15(13-7-5-9-16-13)17-12-6-1-2-8-14(12)18-10-3-4-11-18/h1-2,6,8,13,16H,3-5,7,9-11H2,(H,17,19). The summed E-state index contributed by atoms with van der Waals surface area (Å²) in [7, 11) is 0. The van der Waals surface area contributed by atoms with E-state index in [9.17, 15) is 4.79 Å². The molecular formula is C15H21N3O. The summed E-state index contributed by atoms with van der Waals surface area (Å²) in [5.74, 6) is 0.101. The van der Waals surface area contributed by atoms with Crippen LogP contribution in [0.4, 0.5) is 11.4 Å². The number of hydrogen-bond donors (Lipinski definition) is 2. The lowest BCUT2D eigenvalue weighted by Gasteiger charge is -2.22. The zero-order chi connectivity index (χ0) is 13.1. The molecular weight excluding hydrogens is 238 g/mol. The van der Waals surface area contributed by atoms with Crippen LogP contribution in [0.25, 0.3) is 0 Å². The summed E-state index contributed by atoms with van der Waals surface area (Å²) >= 11 is 0. The Labute approximate surface area is 114 Å². The summed E-state index contributed by atoms with van der Waals surface area (Å²) in [5.41, 5.74) is 2.11. The van der Waals surface area contributed by atoms with Crippen molar-refractivity contribution in [2.45, 2.75) is 31.7 Å². The molecule has 2 heterocycles. The summed E-state index contributed by atoms with van der Waals surface area (Å²) in [6, 6.07) is 8.10. The highest BCUT2D eigenvalue weighted by Crippen LogP contribution is 2.28. The molecule has 2 aliphatic heterocycles. The number of para-hydroxylation sites is 2. The molecule has 0 bridgehead atoms. The molecule has 2 N–H and O–H groups in total. The third kappa shape index (κ3) is 2.73. The number of anilines is 2. The number of hydrogen-bond acceptors (Lipinski definition) is 3. The van der Waals surface area contributed by atoms with E-state index in [0.29, 0.717) is 0 Å². The predicted molar refractivity (Wildman–Crippen MR) is 77.5 cm³/mol. The molecule has 4 nitrogen and oxygen atoms in total. The molecule has 2 fully saturated rings. The minimum Gasteiger partial charge on any atom is -0.370 e. The molecule has 4 heteroatoms. The van der Waals surface area contributed by atoms with Gasteiger partial charge >= 0.3 is 0 Å². The lowest BCUT2D eigenvalue weighted by molar-refractivity contribution is -0.117. The molecule has 19 heavy (non-hydrogen) atoms. The van der Waals surface area contributed by atoms with Gasteiger partial charge in [0.15, 0.2) is 0 Å². The highest BCUT2D eigenvalue weighted by atomic mass is 16.2. The maximum Gasteiger partial charge on any atom is 0.241 e. The number of nitrogens with one attached hydrogen (secondary N) is 2. The Morgan fingerprint density at radius 2 is 2.00 bits per heavy atom. The highest BCUT2D eigenvalue weighted by molar-refractivity contribution is 5.97. The Morgan fingerprint density at radius 1 is 1.21 bits per heavy atom. The number of benzene rings is 1. The number of nitrogens with zero attached hydrogens (tertiary/aromatic N) is 1. The average Bonchev–Trinajstić information content (AvgIpc) is 3.13. The van der Waals surface area contributed by atoms with Crippen LogP contribution in [0.3, 0.4) is 0 Å². The van der Waals surface area contributed by atoms with Crippen LogP contribution in [-0.4, -0.2) is 31.6 Å². The van der Waals surface area contributed by atoms with Crippen LogP contribution in [-0.2, 0) is 4.79 Å². The second-order valence-corrected chi connectivity index (χ2v) is 5.35. The van der Waals surface area contributed by atoms with Gasteiger partial charge in [-0.05, 0) is 44.4 Å². The zero-order valence-corrected chi connectivity index (χ0v) is 11.2. The zero-order valence-electron chi connectivity index (χ0n) is 11.2. The predicted octanol–water partition coefficient (Wildman–Crippen LogP) is 1.98. The van der Waals surface area contributed by atoms with Gasteiger partial charge in [0.05, 0.1) is 17.4 Å². The van der Waals surface area contributed by atoms with Crippen molar-refractivity contribution < 1.29 is 4.79 Å². The Morgan fingerprint density at radius 3 is 2.74 bits per heavy atom. The van der Waals surface area contributed by atoms with Crippen molar-refractivity contribution in [2.24, 2.45) is 0 Å². The average molecular weight is 259 g/mol. The van der Waals surface area contributed by atoms with Gasteiger partial charge in [0, 0.05) is 13.1 Å². The van der Waals surface area contributed by atoms with E-state index >= 15 is 0 Å². The van der Waals surface area contributed by atoms with Gasteiger partial charge in [-0.25, -0.2) is 0 Å². The van der Waals surface area contributed by atoms with Gasteiger partial charge in [0.2, 0.25) is 5.91 Å². The van der Waals surface area contributed by atoms with Crippen molar-refractivity contribution >= 4 is 17.3 Å². The molecule has 1 atom stereocenters. The fourth-order valence-electron chi connectivity index (χ4n) is 2.94. The summed E-state index contributed by atoms with van der Waals surface area (Å²) in [5, 5.41) is 6.33. The van der Waals surface area contributed by atoms with Crippen LogP contribution < -0.4 is 15.5 Å². The van der Waals surface area contributed by atoms with Crippen molar-refractivity contribution in [1.82, 2.24) is 5.32 Å². The molecule has 1 aromatic rings. The molecule has 1 aromatic carbocycles. The van der Waals surface area contributed by atoms with Gasteiger partial charge in [0.1, 0.15) is 0 Å². The fraction of sp³-hybridized carbons (Fsp3) is 0.533. The summed E-state index contributed by atoms with van der Waals surface area (Å²) in [4.78, 5) is 14.5. The van der Waals surface area contributed by atoms with Crippen molar-refractivity contribution in [2.75, 3.05) is 29.9 Å². The number of rotatable bonds is 3. The fourth-order valence-corrected chi connectivity index (χ4v) is 2.94. The first-order valence-corrected chi connectivity index (χ1v) is 7.23. The molecule has 0 aromatic heterocycles. The number of carbonyl (C=O) groups excluding carboxylic acids is 1. The monoisotopic (exact) mass is 259 g/mol. The quantitative estimate of drug-likeness (QED) is 0.872. The molecule has 0 radical (unpaired) electrons. The molecule has 1 unspecified atom stereocenters. The second-order valence-electron chi connectivity index (χ2n) is 5.35. The van der Waals surface area contributed by atoms with E-state index in [0.717, 1.165) is 43.9 Å². The van der Waals surface area contributed by atoms with E-state index in [1.165, 1.54) is 12.8 Å². The minimum absolute atomic E-state index is 0.0216. The van der Waals surface area contributed by atoms with Gasteiger partial charge in [-0.1, -0.05) is 12.1 Å². The maximum atomic E-state index is 12.2. The van der Waals surface area contributed by atoms with E-state index in [1.54, 1.807) is 0 Å². The molecule has 0 aliphatic carbocycles. The first-order chi connectivity index (χ1) is 9.34. The SMILES string of the molecule is O=C(Nc1ccccc1N1CCCC1)C1CCCN1. The highest BCUT2D eigenvalue weighted by Gasteiger charge is 2.23. The number of amides is 1. The number of carbonyl (C=O) groups is 1. The second kappa shape index (κ2) is 5.61. The van der Waals surface area contributed by atoms with Crippen molar-refractivity contribution in [3.8, 4) is 0 Å². The first-order valence-electron chi connectivity index (χ1n) is 7.23. The van der Waals surface area contributed by atoms with Gasteiger partial charge in [-0.3, -0.25) is 4.79 Å². The normalized spacial score (nSPS) is 22.7. The van der Waals surface area contributed by atoms with Gasteiger partial charge in [-0.15, -0.1) is 0 Å². The lowest BCUT2D eigenvalue weighted by atomic mass is 10.2. The third-order valence-electron chi connectivity index (χ3n) is 3.99. The largest absolute Gasteiger partial charge is 0.370 e. The molecule has 0 spiro atoms. The Bertz CT molecular complexity index is 448. The smallest absolute Gasteiger partial charge is 0.241 e.